The number of rotatable bonds is 8. The highest BCUT2D eigenvalue weighted by molar-refractivity contribution is 6.13. The van der Waals surface area contributed by atoms with Crippen LogP contribution >= 0.6 is 0 Å². The van der Waals surface area contributed by atoms with Crippen molar-refractivity contribution in [2.24, 2.45) is 0 Å². The Kier molecular flexibility index (Phi) is 6.86. The van der Waals surface area contributed by atoms with E-state index < -0.39 is 17.9 Å². The van der Waals surface area contributed by atoms with Crippen LogP contribution in [-0.2, 0) is 22.7 Å². The molecule has 9 nitrogen and oxygen atoms in total. The van der Waals surface area contributed by atoms with E-state index in [4.69, 9.17) is 13.9 Å². The maximum Gasteiger partial charge on any atom is 0.373 e. The molecule has 0 atom stereocenters. The summed E-state index contributed by atoms with van der Waals surface area (Å²) >= 11 is 0. The summed E-state index contributed by atoms with van der Waals surface area (Å²) in [5.74, 6) is 0.136. The van der Waals surface area contributed by atoms with Crippen molar-refractivity contribution in [1.82, 2.24) is 10.2 Å². The number of hydrogen-bond acceptors (Lipinski definition) is 7. The van der Waals surface area contributed by atoms with Crippen LogP contribution in [0.5, 0.6) is 11.5 Å². The molecule has 1 aliphatic heterocycles. The number of aryl methyl sites for hydroxylation is 1. The summed E-state index contributed by atoms with van der Waals surface area (Å²) in [5.41, 5.74) is 2.94. The quantitative estimate of drug-likeness (QED) is 0.297. The van der Waals surface area contributed by atoms with Gasteiger partial charge >= 0.3 is 12.0 Å². The van der Waals surface area contributed by atoms with Gasteiger partial charge in [-0.3, -0.25) is 9.69 Å². The number of carbonyl (C=O) groups excluding carboxylic acids is 3. The van der Waals surface area contributed by atoms with E-state index in [9.17, 15) is 14.4 Å². The van der Waals surface area contributed by atoms with Crippen molar-refractivity contribution >= 4 is 24.0 Å². The van der Waals surface area contributed by atoms with Gasteiger partial charge in [-0.2, -0.15) is 0 Å². The molecular weight excluding hydrogens is 452 g/mol. The Morgan fingerprint density at radius 3 is 2.51 bits per heavy atom. The molecule has 180 valence electrons. The first-order valence-corrected chi connectivity index (χ1v) is 10.8. The van der Waals surface area contributed by atoms with Gasteiger partial charge in [-0.1, -0.05) is 35.9 Å². The number of nitrogens with zero attached hydrogens (tertiary/aromatic N) is 1. The van der Waals surface area contributed by atoms with Gasteiger partial charge in [0.2, 0.25) is 5.76 Å². The largest absolute Gasteiger partial charge is 0.493 e. The normalized spacial score (nSPS) is 14.3. The molecule has 35 heavy (non-hydrogen) atoms. The summed E-state index contributed by atoms with van der Waals surface area (Å²) in [6.45, 7) is 2.27. The highest BCUT2D eigenvalue weighted by Gasteiger charge is 2.34. The molecule has 0 aliphatic carbocycles. The third kappa shape index (κ3) is 5.35. The zero-order valence-corrected chi connectivity index (χ0v) is 19.5. The average molecular weight is 476 g/mol. The summed E-state index contributed by atoms with van der Waals surface area (Å²) < 4.78 is 21.3. The molecule has 0 radical (unpaired) electrons. The fourth-order valence-electron chi connectivity index (χ4n) is 3.45. The summed E-state index contributed by atoms with van der Waals surface area (Å²) in [7, 11) is 2.76. The molecule has 1 saturated heterocycles. The van der Waals surface area contributed by atoms with E-state index >= 15 is 0 Å². The lowest BCUT2D eigenvalue weighted by Crippen LogP contribution is -2.30. The van der Waals surface area contributed by atoms with Crippen molar-refractivity contribution in [2.45, 2.75) is 20.1 Å². The highest BCUT2D eigenvalue weighted by Crippen LogP contribution is 2.30. The lowest BCUT2D eigenvalue weighted by Gasteiger charge is -2.12. The van der Waals surface area contributed by atoms with Crippen molar-refractivity contribution < 1.29 is 33.0 Å². The molecule has 2 aromatic carbocycles. The molecule has 1 N–H and O–H groups in total. The van der Waals surface area contributed by atoms with E-state index in [0.29, 0.717) is 23.7 Å². The fraction of sp³-hybridized carbons (Fsp3) is 0.192. The van der Waals surface area contributed by atoms with Gasteiger partial charge in [0.15, 0.2) is 11.5 Å². The predicted molar refractivity (Wildman–Crippen MR) is 126 cm³/mol. The molecule has 1 aliphatic rings. The van der Waals surface area contributed by atoms with Gasteiger partial charge in [0, 0.05) is 0 Å². The van der Waals surface area contributed by atoms with E-state index in [1.165, 1.54) is 31.9 Å². The molecule has 0 saturated carbocycles. The van der Waals surface area contributed by atoms with Crippen LogP contribution in [0.25, 0.3) is 6.08 Å². The van der Waals surface area contributed by atoms with E-state index in [1.54, 1.807) is 24.3 Å². The number of imide groups is 1. The number of urea groups is 1. The summed E-state index contributed by atoms with van der Waals surface area (Å²) in [6, 6.07) is 15.6. The van der Waals surface area contributed by atoms with Crippen LogP contribution in [0.1, 0.15) is 33.0 Å². The lowest BCUT2D eigenvalue weighted by atomic mass is 10.1. The number of esters is 1. The Morgan fingerprint density at radius 1 is 1.03 bits per heavy atom. The Labute approximate surface area is 201 Å². The van der Waals surface area contributed by atoms with Crippen LogP contribution in [0.15, 0.2) is 64.7 Å². The number of furan rings is 1. The van der Waals surface area contributed by atoms with Gasteiger partial charge in [-0.25, -0.2) is 9.59 Å². The number of ether oxygens (including phenoxy) is 3. The number of amides is 3. The molecule has 3 amide bonds. The zero-order chi connectivity index (χ0) is 24.9. The Morgan fingerprint density at radius 2 is 1.80 bits per heavy atom. The van der Waals surface area contributed by atoms with E-state index in [-0.39, 0.29) is 23.8 Å². The van der Waals surface area contributed by atoms with Crippen LogP contribution in [0.2, 0.25) is 0 Å². The fourth-order valence-corrected chi connectivity index (χ4v) is 3.45. The maximum absolute atomic E-state index is 12.8. The minimum Gasteiger partial charge on any atom is -0.493 e. The molecular formula is C26H24N2O7. The molecule has 0 unspecified atom stereocenters. The van der Waals surface area contributed by atoms with Gasteiger partial charge in [-0.05, 0) is 48.4 Å². The number of nitrogens with one attached hydrogen (secondary N) is 1. The molecule has 9 heteroatoms. The smallest absolute Gasteiger partial charge is 0.373 e. The highest BCUT2D eigenvalue weighted by atomic mass is 16.5. The van der Waals surface area contributed by atoms with Gasteiger partial charge in [0.1, 0.15) is 18.1 Å². The van der Waals surface area contributed by atoms with Crippen LogP contribution in [-0.4, -0.2) is 37.0 Å². The standard InChI is InChI=1S/C26H24N2O7/c1-16-4-6-17(7-5-16)15-34-21-10-8-18(13-23(21)32-2)12-20-24(29)28(26(31)27-20)14-19-9-11-22(35-19)25(30)33-3/h4-13H,14-15H2,1-3H3,(H,27,31)/b20-12+. The van der Waals surface area contributed by atoms with E-state index in [1.807, 2.05) is 31.2 Å². The summed E-state index contributed by atoms with van der Waals surface area (Å²) in [6.07, 6.45) is 1.55. The van der Waals surface area contributed by atoms with Crippen LogP contribution in [0.4, 0.5) is 4.79 Å². The SMILES string of the molecule is COC(=O)c1ccc(CN2C(=O)N/C(=C/c3ccc(OCc4ccc(C)cc4)c(OC)c3)C2=O)o1. The zero-order valence-electron chi connectivity index (χ0n) is 19.5. The minimum atomic E-state index is -0.644. The van der Waals surface area contributed by atoms with Crippen LogP contribution in [0.3, 0.4) is 0 Å². The number of methoxy groups -OCH3 is 2. The number of benzene rings is 2. The molecule has 2 heterocycles. The van der Waals surface area contributed by atoms with Crippen molar-refractivity contribution in [3.8, 4) is 11.5 Å². The van der Waals surface area contributed by atoms with Crippen LogP contribution < -0.4 is 14.8 Å². The average Bonchev–Trinajstić information content (AvgIpc) is 3.44. The predicted octanol–water partition coefficient (Wildman–Crippen LogP) is 4.06. The Hall–Kier alpha value is -4.53. The molecule has 1 fully saturated rings. The van der Waals surface area contributed by atoms with Crippen molar-refractivity contribution in [3.05, 3.63) is 88.5 Å². The topological polar surface area (TPSA) is 107 Å². The van der Waals surface area contributed by atoms with Crippen molar-refractivity contribution in [3.63, 3.8) is 0 Å². The minimum absolute atomic E-state index is 0.0119. The molecule has 4 rings (SSSR count). The molecule has 1 aromatic heterocycles. The van der Waals surface area contributed by atoms with Gasteiger partial charge in [-0.15, -0.1) is 0 Å². The number of hydrogen-bond donors (Lipinski definition) is 1. The third-order valence-electron chi connectivity index (χ3n) is 5.34. The third-order valence-corrected chi connectivity index (χ3v) is 5.34. The number of carbonyl (C=O) groups is 3. The molecule has 0 bridgehead atoms. The first kappa shape index (κ1) is 23.6. The van der Waals surface area contributed by atoms with Gasteiger partial charge < -0.3 is 23.9 Å². The maximum atomic E-state index is 12.8. The second-order valence-electron chi connectivity index (χ2n) is 7.82. The van der Waals surface area contributed by atoms with Crippen molar-refractivity contribution in [2.75, 3.05) is 14.2 Å². The first-order chi connectivity index (χ1) is 16.9. The first-order valence-electron chi connectivity index (χ1n) is 10.8. The van der Waals surface area contributed by atoms with Gasteiger partial charge in [0.25, 0.3) is 5.91 Å². The van der Waals surface area contributed by atoms with Crippen LogP contribution in [0, 0.1) is 6.92 Å². The van der Waals surface area contributed by atoms with Crippen molar-refractivity contribution in [1.29, 1.82) is 0 Å². The lowest BCUT2D eigenvalue weighted by molar-refractivity contribution is -0.123. The van der Waals surface area contributed by atoms with E-state index in [2.05, 4.69) is 10.1 Å². The van der Waals surface area contributed by atoms with E-state index in [0.717, 1.165) is 10.5 Å². The molecule has 0 spiro atoms. The Balaban J connectivity index is 1.46. The Bertz CT molecular complexity index is 1290. The second-order valence-corrected chi connectivity index (χ2v) is 7.82. The summed E-state index contributed by atoms with van der Waals surface area (Å²) in [4.78, 5) is 37.7. The monoisotopic (exact) mass is 476 g/mol. The second kappa shape index (κ2) is 10.2. The summed E-state index contributed by atoms with van der Waals surface area (Å²) in [5, 5.41) is 2.56. The molecule has 3 aromatic rings. The van der Waals surface area contributed by atoms with Gasteiger partial charge in [0.05, 0.1) is 20.8 Å².